The number of carboxylic acids is 1. The number of carbonyl (C=O) groups is 2. The molecule has 2 N–H and O–H groups in total. The van der Waals surface area contributed by atoms with E-state index in [4.69, 9.17) is 9.84 Å². The van der Waals surface area contributed by atoms with Crippen molar-refractivity contribution in [3.05, 3.63) is 0 Å². The third-order valence-corrected chi connectivity index (χ3v) is 3.71. The van der Waals surface area contributed by atoms with Gasteiger partial charge in [0.25, 0.3) is 0 Å². The first-order valence-corrected chi connectivity index (χ1v) is 5.93. The molecule has 1 aliphatic rings. The lowest BCUT2D eigenvalue weighted by Gasteiger charge is -2.25. The van der Waals surface area contributed by atoms with E-state index < -0.39 is 23.0 Å². The number of ether oxygens (including phenoxy) is 1. The van der Waals surface area contributed by atoms with Gasteiger partial charge >= 0.3 is 11.9 Å². The molecule has 1 rings (SSSR count). The fraction of sp³-hybridized carbons (Fsp3) is 0.833. The van der Waals surface area contributed by atoms with Gasteiger partial charge in [0.1, 0.15) is 5.41 Å². The highest BCUT2D eigenvalue weighted by Gasteiger charge is 2.73. The van der Waals surface area contributed by atoms with Crippen molar-refractivity contribution in [2.45, 2.75) is 45.6 Å². The first-order valence-electron chi connectivity index (χ1n) is 5.93. The SMILES string of the molecule is CCOC(=O)C1(C(CC)CC(=O)O)CC1(C)O. The molecule has 0 aromatic carbocycles. The normalized spacial score (nSPS) is 32.9. The number of aliphatic carboxylic acids is 1. The fourth-order valence-electron chi connectivity index (χ4n) is 2.68. The second kappa shape index (κ2) is 4.64. The van der Waals surface area contributed by atoms with Gasteiger partial charge in [0, 0.05) is 6.42 Å². The van der Waals surface area contributed by atoms with Crippen LogP contribution in [0.2, 0.25) is 0 Å². The van der Waals surface area contributed by atoms with Gasteiger partial charge in [-0.3, -0.25) is 9.59 Å². The van der Waals surface area contributed by atoms with Crippen molar-refractivity contribution in [2.24, 2.45) is 11.3 Å². The average Bonchev–Trinajstić information content (AvgIpc) is 2.79. The van der Waals surface area contributed by atoms with Gasteiger partial charge in [0.05, 0.1) is 12.2 Å². The monoisotopic (exact) mass is 244 g/mol. The van der Waals surface area contributed by atoms with Crippen LogP contribution >= 0.6 is 0 Å². The highest BCUT2D eigenvalue weighted by atomic mass is 16.5. The van der Waals surface area contributed by atoms with E-state index in [-0.39, 0.29) is 25.4 Å². The summed E-state index contributed by atoms with van der Waals surface area (Å²) in [4.78, 5) is 22.8. The molecular formula is C12H20O5. The molecule has 0 radical (unpaired) electrons. The molecule has 98 valence electrons. The Morgan fingerprint density at radius 3 is 2.24 bits per heavy atom. The molecule has 3 atom stereocenters. The number of rotatable bonds is 6. The highest BCUT2D eigenvalue weighted by molar-refractivity contribution is 5.84. The Kier molecular flexibility index (Phi) is 3.81. The summed E-state index contributed by atoms with van der Waals surface area (Å²) in [6.07, 6.45) is 0.692. The smallest absolute Gasteiger partial charge is 0.315 e. The average molecular weight is 244 g/mol. The number of carboxylic acid groups (broad SMARTS) is 1. The summed E-state index contributed by atoms with van der Waals surface area (Å²) in [5.74, 6) is -1.81. The molecule has 1 saturated carbocycles. The minimum Gasteiger partial charge on any atom is -0.481 e. The number of carbonyl (C=O) groups excluding carboxylic acids is 1. The van der Waals surface area contributed by atoms with Crippen LogP contribution in [-0.2, 0) is 14.3 Å². The summed E-state index contributed by atoms with van der Waals surface area (Å²) in [7, 11) is 0. The van der Waals surface area contributed by atoms with E-state index in [1.54, 1.807) is 13.8 Å². The second-order valence-electron chi connectivity index (χ2n) is 4.85. The Bertz CT molecular complexity index is 323. The van der Waals surface area contributed by atoms with E-state index >= 15 is 0 Å². The topological polar surface area (TPSA) is 83.8 Å². The molecule has 1 fully saturated rings. The Balaban J connectivity index is 2.93. The number of aliphatic hydroxyl groups is 1. The molecule has 0 spiro atoms. The lowest BCUT2D eigenvalue weighted by molar-refractivity contribution is -0.157. The van der Waals surface area contributed by atoms with Gasteiger partial charge in [-0.1, -0.05) is 13.3 Å². The van der Waals surface area contributed by atoms with Crippen molar-refractivity contribution in [1.82, 2.24) is 0 Å². The predicted octanol–water partition coefficient (Wildman–Crippen LogP) is 1.19. The van der Waals surface area contributed by atoms with Crippen LogP contribution in [0.15, 0.2) is 0 Å². The molecule has 0 bridgehead atoms. The maximum atomic E-state index is 11.9. The molecule has 0 aliphatic heterocycles. The molecule has 0 aromatic heterocycles. The largest absolute Gasteiger partial charge is 0.481 e. The maximum Gasteiger partial charge on any atom is 0.315 e. The summed E-state index contributed by atoms with van der Waals surface area (Å²) in [6, 6.07) is 0. The quantitative estimate of drug-likeness (QED) is 0.686. The molecule has 0 amide bonds. The van der Waals surface area contributed by atoms with Crippen LogP contribution in [0.1, 0.15) is 40.0 Å². The zero-order chi connectivity index (χ0) is 13.3. The first-order chi connectivity index (χ1) is 7.81. The number of esters is 1. The molecule has 0 heterocycles. The van der Waals surface area contributed by atoms with Crippen molar-refractivity contribution in [3.63, 3.8) is 0 Å². The van der Waals surface area contributed by atoms with Gasteiger partial charge in [-0.2, -0.15) is 0 Å². The van der Waals surface area contributed by atoms with Crippen LogP contribution in [0.4, 0.5) is 0 Å². The molecule has 0 aromatic rings. The summed E-state index contributed by atoms with van der Waals surface area (Å²) in [5, 5.41) is 18.9. The van der Waals surface area contributed by atoms with Gasteiger partial charge in [0.2, 0.25) is 0 Å². The Morgan fingerprint density at radius 2 is 1.94 bits per heavy atom. The van der Waals surface area contributed by atoms with Gasteiger partial charge in [-0.25, -0.2) is 0 Å². The van der Waals surface area contributed by atoms with E-state index in [0.717, 1.165) is 0 Å². The van der Waals surface area contributed by atoms with Crippen LogP contribution in [0, 0.1) is 11.3 Å². The third-order valence-electron chi connectivity index (χ3n) is 3.71. The molecule has 5 heteroatoms. The minimum absolute atomic E-state index is 0.120. The van der Waals surface area contributed by atoms with Crippen LogP contribution in [0.25, 0.3) is 0 Å². The summed E-state index contributed by atoms with van der Waals surface area (Å²) in [5.41, 5.74) is -2.18. The zero-order valence-corrected chi connectivity index (χ0v) is 10.5. The Morgan fingerprint density at radius 1 is 1.41 bits per heavy atom. The number of hydrogen-bond acceptors (Lipinski definition) is 4. The zero-order valence-electron chi connectivity index (χ0n) is 10.5. The predicted molar refractivity (Wildman–Crippen MR) is 60.3 cm³/mol. The summed E-state index contributed by atoms with van der Waals surface area (Å²) >= 11 is 0. The summed E-state index contributed by atoms with van der Waals surface area (Å²) in [6.45, 7) is 5.32. The van der Waals surface area contributed by atoms with Gasteiger partial charge in [-0.15, -0.1) is 0 Å². The molecular weight excluding hydrogens is 224 g/mol. The van der Waals surface area contributed by atoms with Crippen LogP contribution < -0.4 is 0 Å². The molecule has 1 aliphatic carbocycles. The first kappa shape index (κ1) is 14.0. The second-order valence-corrected chi connectivity index (χ2v) is 4.85. The lowest BCUT2D eigenvalue weighted by atomic mass is 9.81. The van der Waals surface area contributed by atoms with Crippen LogP contribution in [-0.4, -0.2) is 34.4 Å². The van der Waals surface area contributed by atoms with Crippen molar-refractivity contribution < 1.29 is 24.5 Å². The van der Waals surface area contributed by atoms with Gasteiger partial charge in [-0.05, 0) is 26.2 Å². The lowest BCUT2D eigenvalue weighted by Crippen LogP contribution is -2.36. The van der Waals surface area contributed by atoms with Crippen LogP contribution in [0.3, 0.4) is 0 Å². The molecule has 5 nitrogen and oxygen atoms in total. The van der Waals surface area contributed by atoms with Gasteiger partial charge in [0.15, 0.2) is 0 Å². The molecule has 17 heavy (non-hydrogen) atoms. The van der Waals surface area contributed by atoms with Crippen molar-refractivity contribution in [2.75, 3.05) is 6.61 Å². The molecule has 0 saturated heterocycles. The van der Waals surface area contributed by atoms with E-state index in [0.29, 0.717) is 6.42 Å². The maximum absolute atomic E-state index is 11.9. The minimum atomic E-state index is -1.14. The Hall–Kier alpha value is -1.10. The standard InChI is InChI=1S/C12H20O5/c1-4-8(6-9(13)14)12(7-11(12,3)16)10(15)17-5-2/h8,16H,4-7H2,1-3H3,(H,13,14). The molecule has 3 unspecified atom stereocenters. The Labute approximate surface area is 101 Å². The van der Waals surface area contributed by atoms with Crippen LogP contribution in [0.5, 0.6) is 0 Å². The number of hydrogen-bond donors (Lipinski definition) is 2. The van der Waals surface area contributed by atoms with E-state index in [9.17, 15) is 14.7 Å². The highest BCUT2D eigenvalue weighted by Crippen LogP contribution is 2.63. The van der Waals surface area contributed by atoms with Crippen molar-refractivity contribution in [3.8, 4) is 0 Å². The van der Waals surface area contributed by atoms with Crippen molar-refractivity contribution >= 4 is 11.9 Å². The fourth-order valence-corrected chi connectivity index (χ4v) is 2.68. The van der Waals surface area contributed by atoms with E-state index in [1.807, 2.05) is 6.92 Å². The third kappa shape index (κ3) is 2.29. The van der Waals surface area contributed by atoms with E-state index in [1.165, 1.54) is 0 Å². The van der Waals surface area contributed by atoms with Crippen molar-refractivity contribution in [1.29, 1.82) is 0 Å². The van der Waals surface area contributed by atoms with Gasteiger partial charge < -0.3 is 14.9 Å². The van der Waals surface area contributed by atoms with E-state index in [2.05, 4.69) is 0 Å². The summed E-state index contributed by atoms with van der Waals surface area (Å²) < 4.78 is 4.98.